The third-order valence-electron chi connectivity index (χ3n) is 17.9. The zero-order chi connectivity index (χ0) is 59.5. The van der Waals surface area contributed by atoms with Crippen LogP contribution in [0.25, 0.3) is 113 Å². The van der Waals surface area contributed by atoms with E-state index in [0.29, 0.717) is 17.8 Å². The fourth-order valence-electron chi connectivity index (χ4n) is 12.8. The van der Waals surface area contributed by atoms with Gasteiger partial charge in [0.2, 0.25) is 0 Å². The average Bonchev–Trinajstić information content (AvgIpc) is 1.56. The maximum Gasteiger partial charge on any atom is 0.132 e. The Bertz CT molecular complexity index is 4260. The summed E-state index contributed by atoms with van der Waals surface area (Å²) < 4.78 is 20.3. The zero-order valence-electron chi connectivity index (χ0n) is 51.0. The summed E-state index contributed by atoms with van der Waals surface area (Å²) in [6.07, 6.45) is 25.7. The summed E-state index contributed by atoms with van der Waals surface area (Å²) in [6, 6.07) is 31.5. The normalized spacial score (nSPS) is 14.3. The third-order valence-corrected chi connectivity index (χ3v) is 33.1. The molecule has 4 atom stereocenters. The summed E-state index contributed by atoms with van der Waals surface area (Å²) in [5.74, 6) is 1.60. The number of thiophene rings is 8. The number of unbranched alkanes of at least 4 members (excludes halogenated alkanes) is 8. The minimum atomic E-state index is -1.76. The van der Waals surface area contributed by atoms with E-state index in [-0.39, 0.29) is 0 Å². The number of aromatic nitrogens is 6. The van der Waals surface area contributed by atoms with Gasteiger partial charge in [-0.3, -0.25) is 9.97 Å². The first-order valence-corrected chi connectivity index (χ1v) is 41.8. The molecule has 0 saturated carbocycles. The number of hydrogen-bond donors (Lipinski definition) is 0. The maximum absolute atomic E-state index is 5.42. The Balaban J connectivity index is 0.833. The van der Waals surface area contributed by atoms with Gasteiger partial charge in [0.1, 0.15) is 42.3 Å². The number of pyridine rings is 2. The lowest BCUT2D eigenvalue weighted by Gasteiger charge is -2.26. The molecule has 0 amide bonds. The predicted octanol–water partition coefficient (Wildman–Crippen LogP) is 24.0. The molecule has 2 unspecified atom stereocenters. The van der Waals surface area contributed by atoms with Crippen molar-refractivity contribution in [2.24, 2.45) is 11.8 Å². The highest BCUT2D eigenvalue weighted by molar-refractivity contribution is 7.30. The first kappa shape index (κ1) is 61.6. The van der Waals surface area contributed by atoms with E-state index in [9.17, 15) is 0 Å². The van der Waals surface area contributed by atoms with Crippen molar-refractivity contribution >= 4 is 155 Å². The van der Waals surface area contributed by atoms with Gasteiger partial charge < -0.3 is 0 Å². The van der Waals surface area contributed by atoms with Crippen molar-refractivity contribution in [2.75, 3.05) is 0 Å². The van der Waals surface area contributed by atoms with Crippen LogP contribution in [0.4, 0.5) is 0 Å². The molecule has 0 fully saturated rings. The fraction of sp³-hybridized carbons (Fsp3) is 0.400. The third kappa shape index (κ3) is 12.8. The molecular formula is C70H76N6S10Si. The molecule has 0 N–H and O–H groups in total. The van der Waals surface area contributed by atoms with E-state index < -0.39 is 8.80 Å². The van der Waals surface area contributed by atoms with E-state index in [0.717, 1.165) is 54.3 Å². The van der Waals surface area contributed by atoms with Gasteiger partial charge in [-0.05, 0) is 144 Å². The van der Waals surface area contributed by atoms with Gasteiger partial charge in [-0.1, -0.05) is 132 Å². The van der Waals surface area contributed by atoms with Crippen molar-refractivity contribution in [3.05, 3.63) is 107 Å². The lowest BCUT2D eigenvalue weighted by Crippen LogP contribution is -2.41. The van der Waals surface area contributed by atoms with Crippen molar-refractivity contribution in [2.45, 2.75) is 170 Å². The second-order valence-corrected chi connectivity index (χ2v) is 36.4. The highest BCUT2D eigenvalue weighted by atomic mass is 32.1. The molecule has 0 radical (unpaired) electrons. The van der Waals surface area contributed by atoms with Crippen LogP contribution in [0.2, 0.25) is 6.04 Å². The van der Waals surface area contributed by atoms with Crippen LogP contribution in [0, 0.1) is 11.8 Å². The summed E-state index contributed by atoms with van der Waals surface area (Å²) in [5, 5.41) is 3.33. The summed E-state index contributed by atoms with van der Waals surface area (Å²) in [7, 11) is -1.76. The Hall–Kier alpha value is -4.24. The number of hydrogen-bond acceptors (Lipinski definition) is 16. The monoisotopic (exact) mass is 1350 g/mol. The molecule has 87 heavy (non-hydrogen) atoms. The lowest BCUT2D eigenvalue weighted by molar-refractivity contribution is 0.439. The fourth-order valence-corrected chi connectivity index (χ4v) is 28.7. The zero-order valence-corrected chi connectivity index (χ0v) is 60.3. The molecule has 0 aliphatic carbocycles. The molecule has 0 aromatic carbocycles. The molecule has 6 nitrogen and oxygen atoms in total. The van der Waals surface area contributed by atoms with Crippen molar-refractivity contribution in [1.29, 1.82) is 0 Å². The molecule has 13 rings (SSSR count). The smallest absolute Gasteiger partial charge is 0.132 e. The highest BCUT2D eigenvalue weighted by Gasteiger charge is 2.41. The Morgan fingerprint density at radius 3 is 1.40 bits per heavy atom. The van der Waals surface area contributed by atoms with Gasteiger partial charge in [-0.25, -0.2) is 0 Å². The summed E-state index contributed by atoms with van der Waals surface area (Å²) >= 11 is 18.0. The second kappa shape index (κ2) is 28.1. The standard InChI is InChI=1S/C70H76N6S10Si/c1-8-13-17-19-23-44-25-27-48(77-44)50-29-31-52(79-50)54-33-35-56(81-54)63-65-61(73-85-75-65)46(38-71-63)58-37-59-68(83-58)69-70(87(59)40-43(12-5)22-16-11-4)60(42(7)41(6)21-15-10-3)67(84-69)47-39-72-64(66-62(47)74-86-76-66)57-36-34-55(82-57)53-32-30-51(80-53)49-28-26-45(78-49)24-20-18-14-9-2/h25-39,41-43,87H,8-24,40H2,1-7H3/t41?,42?,43-,87+/m1/s1. The summed E-state index contributed by atoms with van der Waals surface area (Å²) in [4.78, 5) is 32.2. The van der Waals surface area contributed by atoms with Gasteiger partial charge in [-0.2, -0.15) is 17.5 Å². The lowest BCUT2D eigenvalue weighted by atomic mass is 9.84. The first-order valence-electron chi connectivity index (χ1n) is 31.9. The van der Waals surface area contributed by atoms with Crippen LogP contribution in [0.1, 0.15) is 166 Å². The van der Waals surface area contributed by atoms with Crippen LogP contribution in [0.3, 0.4) is 0 Å². The van der Waals surface area contributed by atoms with E-state index in [1.165, 1.54) is 207 Å². The van der Waals surface area contributed by atoms with E-state index in [1.807, 2.05) is 90.7 Å². The molecule has 1 aliphatic rings. The molecule has 13 heterocycles. The number of rotatable bonds is 29. The van der Waals surface area contributed by atoms with Crippen LogP contribution in [-0.4, -0.2) is 36.3 Å². The Morgan fingerprint density at radius 1 is 0.414 bits per heavy atom. The second-order valence-electron chi connectivity index (χ2n) is 23.9. The van der Waals surface area contributed by atoms with Crippen molar-refractivity contribution < 1.29 is 0 Å². The molecule has 0 bridgehead atoms. The Morgan fingerprint density at radius 2 is 0.874 bits per heavy atom. The van der Waals surface area contributed by atoms with Gasteiger partial charge in [0, 0.05) is 91.8 Å². The molecular weight excluding hydrogens is 1270 g/mol. The topological polar surface area (TPSA) is 77.3 Å². The van der Waals surface area contributed by atoms with Crippen LogP contribution < -0.4 is 10.4 Å². The average molecular weight is 1350 g/mol. The summed E-state index contributed by atoms with van der Waals surface area (Å²) in [5.41, 5.74) is 9.45. The molecule has 0 saturated heterocycles. The first-order chi connectivity index (χ1) is 42.7. The number of nitrogens with zero attached hydrogens (tertiary/aromatic N) is 6. The van der Waals surface area contributed by atoms with Crippen LogP contribution in [-0.2, 0) is 12.8 Å². The van der Waals surface area contributed by atoms with E-state index in [2.05, 4.69) is 140 Å². The van der Waals surface area contributed by atoms with Crippen molar-refractivity contribution in [1.82, 2.24) is 27.5 Å². The molecule has 0 spiro atoms. The molecule has 17 heteroatoms. The molecule has 12 aromatic rings. The molecule has 12 aromatic heterocycles. The van der Waals surface area contributed by atoms with Crippen LogP contribution in [0.15, 0.2) is 91.3 Å². The van der Waals surface area contributed by atoms with Crippen molar-refractivity contribution in [3.63, 3.8) is 0 Å². The quantitative estimate of drug-likeness (QED) is 0.0343. The maximum atomic E-state index is 5.42. The number of fused-ring (bicyclic) bond motifs is 5. The van der Waals surface area contributed by atoms with Gasteiger partial charge in [-0.15, -0.1) is 90.7 Å². The summed E-state index contributed by atoms with van der Waals surface area (Å²) in [6.45, 7) is 16.8. The van der Waals surface area contributed by atoms with E-state index in [1.54, 1.807) is 15.9 Å². The molecule has 450 valence electrons. The van der Waals surface area contributed by atoms with Gasteiger partial charge in [0.15, 0.2) is 0 Å². The SMILES string of the molecule is CCCCCCc1ccc(-c2ccc(-c3ccc(-c4ncc(-c5cc6c(s5)-c5sc(-c7cnc(-c8ccc(-c9ccc(-c%10ccc(CCCCCC)s%10)s9)s8)c8nsnc78)c(C(C)C(C)CCCC)c5[Si@H]6C[C@H](CC)CCCC)c5nsnc45)s3)s2)s1. The Kier molecular flexibility index (Phi) is 19.9. The van der Waals surface area contributed by atoms with Crippen LogP contribution in [0.5, 0.6) is 0 Å². The minimum Gasteiger partial charge on any atom is -0.252 e. The highest BCUT2D eigenvalue weighted by Crippen LogP contribution is 2.52. The van der Waals surface area contributed by atoms with Crippen molar-refractivity contribution in [3.8, 4) is 90.8 Å². The molecule has 1 aliphatic heterocycles. The van der Waals surface area contributed by atoms with Gasteiger partial charge in [0.05, 0.1) is 33.2 Å². The predicted molar refractivity (Wildman–Crippen MR) is 393 cm³/mol. The minimum absolute atomic E-state index is 0.380. The number of aryl methyl sites for hydroxylation is 2. The van der Waals surface area contributed by atoms with Gasteiger partial charge >= 0.3 is 0 Å². The van der Waals surface area contributed by atoms with E-state index in [4.69, 9.17) is 27.5 Å². The van der Waals surface area contributed by atoms with Crippen LogP contribution >= 0.6 is 114 Å². The largest absolute Gasteiger partial charge is 0.252 e. The van der Waals surface area contributed by atoms with E-state index >= 15 is 0 Å². The van der Waals surface area contributed by atoms with Gasteiger partial charge in [0.25, 0.3) is 0 Å². The Labute approximate surface area is 556 Å².